The van der Waals surface area contributed by atoms with Gasteiger partial charge in [-0.05, 0) is 42.0 Å². The van der Waals surface area contributed by atoms with Gasteiger partial charge in [0.2, 0.25) is 0 Å². The van der Waals surface area contributed by atoms with Crippen molar-refractivity contribution in [1.82, 2.24) is 5.43 Å². The number of nitrogens with two attached hydrogens (primary N) is 1. The second-order valence-electron chi connectivity index (χ2n) is 4.95. The van der Waals surface area contributed by atoms with Gasteiger partial charge in [0, 0.05) is 10.8 Å². The Morgan fingerprint density at radius 3 is 2.83 bits per heavy atom. The van der Waals surface area contributed by atoms with Crippen LogP contribution in [-0.2, 0) is 0 Å². The van der Waals surface area contributed by atoms with E-state index in [1.165, 1.54) is 23.9 Å². The van der Waals surface area contributed by atoms with Crippen molar-refractivity contribution in [3.8, 4) is 5.75 Å². The van der Waals surface area contributed by atoms with E-state index in [9.17, 15) is 9.90 Å². The fraction of sp³-hybridized carbons (Fsp3) is 0.0625. The van der Waals surface area contributed by atoms with Crippen molar-refractivity contribution in [3.05, 3.63) is 58.6 Å². The quantitative estimate of drug-likeness (QED) is 0.783. The van der Waals surface area contributed by atoms with Gasteiger partial charge in [-0.25, -0.2) is 4.99 Å². The maximum Gasteiger partial charge on any atom is 0.252 e. The molecule has 1 aliphatic rings. The van der Waals surface area contributed by atoms with Gasteiger partial charge in [-0.3, -0.25) is 10.2 Å². The second kappa shape index (κ2) is 6.94. The van der Waals surface area contributed by atoms with Crippen LogP contribution >= 0.6 is 23.4 Å². The molecule has 4 N–H and O–H groups in total. The minimum Gasteiger partial charge on any atom is -0.507 e. The fourth-order valence-electron chi connectivity index (χ4n) is 2.10. The fourth-order valence-corrected chi connectivity index (χ4v) is 3.07. The summed E-state index contributed by atoms with van der Waals surface area (Å²) in [5.41, 5.74) is 10.4. The highest BCUT2D eigenvalue weighted by molar-refractivity contribution is 8.14. The van der Waals surface area contributed by atoms with E-state index in [-0.39, 0.29) is 11.3 Å². The number of nitrogens with zero attached hydrogens (tertiary/aromatic N) is 2. The van der Waals surface area contributed by atoms with Gasteiger partial charge in [-0.1, -0.05) is 29.4 Å². The Balaban J connectivity index is 1.81. The van der Waals surface area contributed by atoms with Crippen LogP contribution in [0.25, 0.3) is 0 Å². The molecule has 0 bridgehead atoms. The van der Waals surface area contributed by atoms with Crippen LogP contribution in [0.1, 0.15) is 15.9 Å². The van der Waals surface area contributed by atoms with Gasteiger partial charge < -0.3 is 10.8 Å². The lowest BCUT2D eigenvalue weighted by molar-refractivity contribution is 0.0998. The number of carbonyl (C=O) groups is 1. The van der Waals surface area contributed by atoms with Gasteiger partial charge in [-0.2, -0.15) is 5.10 Å². The lowest BCUT2D eigenvalue weighted by atomic mass is 10.1. The number of benzene rings is 2. The van der Waals surface area contributed by atoms with Crippen LogP contribution in [0.4, 0.5) is 5.69 Å². The molecule has 0 aliphatic carbocycles. The van der Waals surface area contributed by atoms with Gasteiger partial charge >= 0.3 is 0 Å². The van der Waals surface area contributed by atoms with Crippen LogP contribution < -0.4 is 11.2 Å². The minimum absolute atomic E-state index is 0.0681. The molecule has 0 unspecified atom stereocenters. The molecule has 122 valence electrons. The molecule has 0 saturated heterocycles. The molecule has 0 aromatic heterocycles. The van der Waals surface area contributed by atoms with Gasteiger partial charge in [0.1, 0.15) is 5.75 Å². The smallest absolute Gasteiger partial charge is 0.252 e. The Morgan fingerprint density at radius 1 is 1.33 bits per heavy atom. The zero-order valence-electron chi connectivity index (χ0n) is 12.4. The molecule has 24 heavy (non-hydrogen) atoms. The van der Waals surface area contributed by atoms with Crippen molar-refractivity contribution >= 4 is 45.8 Å². The Bertz CT molecular complexity index is 867. The zero-order chi connectivity index (χ0) is 17.1. The number of phenols is 1. The van der Waals surface area contributed by atoms with Crippen LogP contribution in [0.3, 0.4) is 0 Å². The Labute approximate surface area is 147 Å². The Hall–Kier alpha value is -2.51. The molecule has 1 heterocycles. The Morgan fingerprint density at radius 2 is 2.17 bits per heavy atom. The highest BCUT2D eigenvalue weighted by Crippen LogP contribution is 2.23. The first-order valence-electron chi connectivity index (χ1n) is 6.96. The normalized spacial score (nSPS) is 15.7. The molecule has 2 aromatic carbocycles. The predicted octanol–water partition coefficient (Wildman–Crippen LogP) is 2.87. The van der Waals surface area contributed by atoms with Crippen LogP contribution in [-0.4, -0.2) is 27.6 Å². The molecule has 0 atom stereocenters. The third-order valence-electron chi connectivity index (χ3n) is 3.27. The van der Waals surface area contributed by atoms with Crippen LogP contribution in [0.15, 0.2) is 52.6 Å². The van der Waals surface area contributed by atoms with Gasteiger partial charge in [0.25, 0.3) is 5.91 Å². The summed E-state index contributed by atoms with van der Waals surface area (Å²) in [6, 6.07) is 11.8. The van der Waals surface area contributed by atoms with Crippen molar-refractivity contribution < 1.29 is 9.90 Å². The third-order valence-corrected chi connectivity index (χ3v) is 4.38. The predicted molar refractivity (Wildman–Crippen MR) is 97.3 cm³/mol. The first-order chi connectivity index (χ1) is 11.5. The number of carbonyl (C=O) groups excluding carboxylic acids is 1. The number of amidine groups is 1. The maximum absolute atomic E-state index is 11.3. The first kappa shape index (κ1) is 16.4. The average molecular weight is 361 g/mol. The molecule has 3 rings (SSSR count). The summed E-state index contributed by atoms with van der Waals surface area (Å²) in [5, 5.41) is 15.2. The molecular weight excluding hydrogens is 348 g/mol. The van der Waals surface area contributed by atoms with Crippen LogP contribution in [0.2, 0.25) is 5.02 Å². The molecule has 0 fully saturated rings. The summed E-state index contributed by atoms with van der Waals surface area (Å²) in [6.07, 6.45) is 0. The molecule has 0 radical (unpaired) electrons. The van der Waals surface area contributed by atoms with E-state index in [2.05, 4.69) is 15.5 Å². The minimum atomic E-state index is -0.686. The van der Waals surface area contributed by atoms with Crippen molar-refractivity contribution in [2.75, 3.05) is 5.75 Å². The standard InChI is InChI=1S/C16H13ClN4O2S/c17-10-2-1-3-11(7-10)19-16-21-20-13(8-24-16)9-4-5-14(22)12(6-9)15(18)23/h1-7,22H,8H2,(H2,18,23)(H,19,21). The monoisotopic (exact) mass is 360 g/mol. The van der Waals surface area contributed by atoms with E-state index in [0.29, 0.717) is 21.5 Å². The maximum atomic E-state index is 11.3. The number of aliphatic imine (C=N–C) groups is 1. The van der Waals surface area contributed by atoms with Gasteiger partial charge in [0.05, 0.1) is 17.0 Å². The first-order valence-corrected chi connectivity index (χ1v) is 8.32. The molecular formula is C16H13ClN4O2S. The van der Waals surface area contributed by atoms with E-state index in [4.69, 9.17) is 17.3 Å². The van der Waals surface area contributed by atoms with Crippen LogP contribution in [0, 0.1) is 0 Å². The number of primary amides is 1. The van der Waals surface area contributed by atoms with E-state index >= 15 is 0 Å². The Kier molecular flexibility index (Phi) is 4.73. The molecule has 0 spiro atoms. The number of nitrogens with one attached hydrogen (secondary N) is 1. The summed E-state index contributed by atoms with van der Waals surface area (Å²) >= 11 is 7.41. The lowest BCUT2D eigenvalue weighted by Gasteiger charge is -2.15. The van der Waals surface area contributed by atoms with Gasteiger partial charge in [-0.15, -0.1) is 0 Å². The third kappa shape index (κ3) is 3.69. The van der Waals surface area contributed by atoms with Crippen LogP contribution in [0.5, 0.6) is 5.75 Å². The van der Waals surface area contributed by atoms with E-state index in [0.717, 1.165) is 11.4 Å². The number of hydrogen-bond donors (Lipinski definition) is 3. The zero-order valence-corrected chi connectivity index (χ0v) is 13.9. The summed E-state index contributed by atoms with van der Waals surface area (Å²) in [4.78, 5) is 15.7. The molecule has 8 heteroatoms. The topological polar surface area (TPSA) is 100 Å². The number of hydrogen-bond acceptors (Lipinski definition) is 5. The highest BCUT2D eigenvalue weighted by Gasteiger charge is 2.16. The summed E-state index contributed by atoms with van der Waals surface area (Å²) < 4.78 is 0. The molecule has 0 saturated carbocycles. The number of amides is 1. The summed E-state index contributed by atoms with van der Waals surface area (Å²) in [7, 11) is 0. The summed E-state index contributed by atoms with van der Waals surface area (Å²) in [5.74, 6) is -0.267. The van der Waals surface area contributed by atoms with Crippen molar-refractivity contribution in [1.29, 1.82) is 0 Å². The highest BCUT2D eigenvalue weighted by atomic mass is 35.5. The lowest BCUT2D eigenvalue weighted by Crippen LogP contribution is -2.25. The average Bonchev–Trinajstić information content (AvgIpc) is 2.56. The van der Waals surface area contributed by atoms with Gasteiger partial charge in [0.15, 0.2) is 5.17 Å². The molecule has 2 aromatic rings. The SMILES string of the molecule is NC(=O)c1cc(C2=NNC(=Nc3cccc(Cl)c3)SC2)ccc1O. The largest absolute Gasteiger partial charge is 0.507 e. The molecule has 6 nitrogen and oxygen atoms in total. The molecule has 1 aliphatic heterocycles. The number of hydrazone groups is 1. The van der Waals surface area contributed by atoms with E-state index in [1.54, 1.807) is 18.2 Å². The number of aromatic hydroxyl groups is 1. The van der Waals surface area contributed by atoms with E-state index < -0.39 is 5.91 Å². The number of rotatable bonds is 3. The van der Waals surface area contributed by atoms with Crippen molar-refractivity contribution in [2.24, 2.45) is 15.8 Å². The van der Waals surface area contributed by atoms with Crippen molar-refractivity contribution in [2.45, 2.75) is 0 Å². The van der Waals surface area contributed by atoms with E-state index in [1.807, 2.05) is 12.1 Å². The van der Waals surface area contributed by atoms with Crippen molar-refractivity contribution in [3.63, 3.8) is 0 Å². The number of thioether (sulfide) groups is 1. The molecule has 1 amide bonds. The summed E-state index contributed by atoms with van der Waals surface area (Å²) in [6.45, 7) is 0. The number of halogens is 1. The second-order valence-corrected chi connectivity index (χ2v) is 6.35.